The average Bonchev–Trinajstić information content (AvgIpc) is 2.73. The van der Waals surface area contributed by atoms with E-state index in [9.17, 15) is 19.8 Å². The van der Waals surface area contributed by atoms with Gasteiger partial charge in [-0.15, -0.1) is 0 Å². The van der Waals surface area contributed by atoms with Gasteiger partial charge in [-0.3, -0.25) is 4.79 Å². The van der Waals surface area contributed by atoms with E-state index >= 15 is 0 Å². The number of pyridine rings is 1. The number of carbonyl (C=O) groups excluding carboxylic acids is 1. The molecule has 2 aromatic carbocycles. The molecule has 0 aliphatic rings. The quantitative estimate of drug-likeness (QED) is 0.490. The number of fused-ring (bicyclic) bond motifs is 1. The van der Waals surface area contributed by atoms with Crippen LogP contribution in [0.15, 0.2) is 48.5 Å². The number of nitrogens with zero attached hydrogens (tertiary/aromatic N) is 1. The van der Waals surface area contributed by atoms with Gasteiger partial charge in [-0.2, -0.15) is 0 Å². The van der Waals surface area contributed by atoms with Crippen molar-refractivity contribution < 1.29 is 24.5 Å². The number of hydrogen-bond acceptors (Lipinski definition) is 5. The Hall–Kier alpha value is -3.32. The minimum absolute atomic E-state index is 0.0129. The van der Waals surface area contributed by atoms with Crippen LogP contribution in [0.25, 0.3) is 10.8 Å². The van der Waals surface area contributed by atoms with Gasteiger partial charge in [0, 0.05) is 10.8 Å². The maximum atomic E-state index is 12.6. The number of amides is 1. The molecule has 0 bridgehead atoms. The van der Waals surface area contributed by atoms with E-state index in [4.69, 9.17) is 16.3 Å². The standard InChI is InChI=1S/C22H21ClN2O5/c1-12(2)17(22(28)29)25-21(27)18-19(26)16-10-14(8-9-15(16)20(23)24-18)30-11-13-6-4-3-5-7-13/h3-10,12,17,26H,11H2,1-2H3,(H,25,27)(H,28,29)/t17-/m0/s1. The van der Waals surface area contributed by atoms with Gasteiger partial charge in [0.2, 0.25) is 0 Å². The smallest absolute Gasteiger partial charge is 0.326 e. The highest BCUT2D eigenvalue weighted by Crippen LogP contribution is 2.34. The molecule has 0 aliphatic heterocycles. The molecule has 0 saturated carbocycles. The number of carboxylic acid groups (broad SMARTS) is 1. The third-order valence-corrected chi connectivity index (χ3v) is 4.87. The highest BCUT2D eigenvalue weighted by atomic mass is 35.5. The van der Waals surface area contributed by atoms with Crippen molar-refractivity contribution in [3.8, 4) is 11.5 Å². The molecule has 3 aromatic rings. The van der Waals surface area contributed by atoms with Crippen LogP contribution < -0.4 is 10.1 Å². The Labute approximate surface area is 178 Å². The first kappa shape index (κ1) is 21.4. The van der Waals surface area contributed by atoms with Gasteiger partial charge >= 0.3 is 5.97 Å². The summed E-state index contributed by atoms with van der Waals surface area (Å²) in [6.45, 7) is 3.65. The van der Waals surface area contributed by atoms with Gasteiger partial charge in [-0.05, 0) is 29.7 Å². The molecule has 7 nitrogen and oxygen atoms in total. The number of carbonyl (C=O) groups is 2. The van der Waals surface area contributed by atoms with Crippen molar-refractivity contribution in [2.45, 2.75) is 26.5 Å². The third kappa shape index (κ3) is 4.63. The number of nitrogens with one attached hydrogen (secondary N) is 1. The van der Waals surface area contributed by atoms with Crippen molar-refractivity contribution in [2.24, 2.45) is 5.92 Å². The van der Waals surface area contributed by atoms with E-state index in [1.165, 1.54) is 0 Å². The zero-order valence-corrected chi connectivity index (χ0v) is 17.2. The van der Waals surface area contributed by atoms with E-state index in [2.05, 4.69) is 10.3 Å². The Balaban J connectivity index is 1.92. The third-order valence-electron chi connectivity index (χ3n) is 4.59. The summed E-state index contributed by atoms with van der Waals surface area (Å²) in [6.07, 6.45) is 0. The van der Waals surface area contributed by atoms with Crippen molar-refractivity contribution in [1.82, 2.24) is 10.3 Å². The van der Waals surface area contributed by atoms with Gasteiger partial charge in [0.05, 0.1) is 0 Å². The number of halogens is 1. The topological polar surface area (TPSA) is 109 Å². The van der Waals surface area contributed by atoms with Crippen molar-refractivity contribution in [3.05, 3.63) is 64.9 Å². The van der Waals surface area contributed by atoms with Gasteiger partial charge in [0.1, 0.15) is 23.6 Å². The van der Waals surface area contributed by atoms with E-state index in [-0.39, 0.29) is 22.2 Å². The molecule has 1 atom stereocenters. The predicted octanol–water partition coefficient (Wildman–Crippen LogP) is 4.01. The summed E-state index contributed by atoms with van der Waals surface area (Å²) in [6, 6.07) is 13.3. The van der Waals surface area contributed by atoms with Gasteiger partial charge in [-0.25, -0.2) is 9.78 Å². The van der Waals surface area contributed by atoms with Crippen LogP contribution in [0.1, 0.15) is 29.9 Å². The van der Waals surface area contributed by atoms with Crippen LogP contribution in [0.5, 0.6) is 11.5 Å². The summed E-state index contributed by atoms with van der Waals surface area (Å²) in [5, 5.41) is 23.1. The molecule has 3 rings (SSSR count). The van der Waals surface area contributed by atoms with Crippen LogP contribution in [0.2, 0.25) is 5.15 Å². The first-order valence-electron chi connectivity index (χ1n) is 9.30. The predicted molar refractivity (Wildman–Crippen MR) is 113 cm³/mol. The molecular formula is C22H21ClN2O5. The second-order valence-corrected chi connectivity index (χ2v) is 7.47. The zero-order chi connectivity index (χ0) is 21.8. The lowest BCUT2D eigenvalue weighted by atomic mass is 10.0. The fourth-order valence-electron chi connectivity index (χ4n) is 2.95. The molecule has 0 spiro atoms. The molecule has 0 radical (unpaired) electrons. The first-order chi connectivity index (χ1) is 14.3. The lowest BCUT2D eigenvalue weighted by Crippen LogP contribution is -2.44. The highest BCUT2D eigenvalue weighted by Gasteiger charge is 2.27. The summed E-state index contributed by atoms with van der Waals surface area (Å²) in [5.41, 5.74) is 0.627. The maximum absolute atomic E-state index is 12.6. The van der Waals surface area contributed by atoms with Crippen molar-refractivity contribution in [2.75, 3.05) is 0 Å². The maximum Gasteiger partial charge on any atom is 0.326 e. The minimum atomic E-state index is -1.18. The van der Waals surface area contributed by atoms with E-state index < -0.39 is 23.7 Å². The minimum Gasteiger partial charge on any atom is -0.505 e. The van der Waals surface area contributed by atoms with Gasteiger partial charge in [0.25, 0.3) is 5.91 Å². The average molecular weight is 429 g/mol. The Morgan fingerprint density at radius 3 is 2.47 bits per heavy atom. The SMILES string of the molecule is CC(C)[C@H](NC(=O)c1nc(Cl)c2ccc(OCc3ccccc3)cc2c1O)C(=O)O. The van der Waals surface area contributed by atoms with Crippen LogP contribution in [-0.2, 0) is 11.4 Å². The summed E-state index contributed by atoms with van der Waals surface area (Å²) >= 11 is 6.21. The molecule has 0 unspecified atom stereocenters. The highest BCUT2D eigenvalue weighted by molar-refractivity contribution is 6.35. The normalized spacial score (nSPS) is 12.0. The molecular weight excluding hydrogens is 408 g/mol. The Morgan fingerprint density at radius 2 is 1.83 bits per heavy atom. The van der Waals surface area contributed by atoms with Crippen molar-refractivity contribution in [1.29, 1.82) is 0 Å². The fourth-order valence-corrected chi connectivity index (χ4v) is 3.20. The van der Waals surface area contributed by atoms with E-state index in [0.29, 0.717) is 17.7 Å². The number of rotatable bonds is 7. The molecule has 3 N–H and O–H groups in total. The number of benzene rings is 2. The summed E-state index contributed by atoms with van der Waals surface area (Å²) in [4.78, 5) is 27.9. The Kier molecular flexibility index (Phi) is 6.42. The number of aromatic hydroxyl groups is 1. The molecule has 0 saturated heterocycles. The van der Waals surface area contributed by atoms with Crippen LogP contribution in [0.3, 0.4) is 0 Å². The van der Waals surface area contributed by atoms with E-state index in [1.54, 1.807) is 32.0 Å². The number of aliphatic carboxylic acids is 1. The van der Waals surface area contributed by atoms with Gasteiger partial charge in [0.15, 0.2) is 11.4 Å². The molecule has 0 fully saturated rings. The summed E-state index contributed by atoms with van der Waals surface area (Å²) in [7, 11) is 0. The van der Waals surface area contributed by atoms with Crippen LogP contribution in [0, 0.1) is 5.92 Å². The molecule has 30 heavy (non-hydrogen) atoms. The van der Waals surface area contributed by atoms with Crippen LogP contribution in [0.4, 0.5) is 0 Å². The molecule has 1 aromatic heterocycles. The molecule has 8 heteroatoms. The molecule has 1 amide bonds. The molecule has 156 valence electrons. The van der Waals surface area contributed by atoms with Crippen LogP contribution in [-0.4, -0.2) is 33.1 Å². The van der Waals surface area contributed by atoms with Crippen molar-refractivity contribution >= 4 is 34.2 Å². The lowest BCUT2D eigenvalue weighted by Gasteiger charge is -2.18. The Morgan fingerprint density at radius 1 is 1.13 bits per heavy atom. The summed E-state index contributed by atoms with van der Waals surface area (Å²) in [5.74, 6) is -2.29. The number of hydrogen-bond donors (Lipinski definition) is 3. The van der Waals surface area contributed by atoms with Crippen molar-refractivity contribution in [3.63, 3.8) is 0 Å². The monoisotopic (exact) mass is 428 g/mol. The van der Waals surface area contributed by atoms with E-state index in [0.717, 1.165) is 5.56 Å². The lowest BCUT2D eigenvalue weighted by molar-refractivity contribution is -0.140. The number of aromatic nitrogens is 1. The summed E-state index contributed by atoms with van der Waals surface area (Å²) < 4.78 is 5.77. The van der Waals surface area contributed by atoms with Gasteiger partial charge < -0.3 is 20.3 Å². The Bertz CT molecular complexity index is 1090. The molecule has 0 aliphatic carbocycles. The fraction of sp³-hybridized carbons (Fsp3) is 0.227. The largest absolute Gasteiger partial charge is 0.505 e. The van der Waals surface area contributed by atoms with Gasteiger partial charge in [-0.1, -0.05) is 55.8 Å². The zero-order valence-electron chi connectivity index (χ0n) is 16.4. The van der Waals surface area contributed by atoms with E-state index in [1.807, 2.05) is 30.3 Å². The molecule has 1 heterocycles. The van der Waals surface area contributed by atoms with Crippen LogP contribution >= 0.6 is 11.6 Å². The number of carboxylic acids is 1. The second kappa shape index (κ2) is 9.00. The second-order valence-electron chi connectivity index (χ2n) is 7.11. The number of ether oxygens (including phenoxy) is 1. The first-order valence-corrected chi connectivity index (χ1v) is 9.68.